The first-order valence-corrected chi connectivity index (χ1v) is 11.3. The number of ether oxygens (including phenoxy) is 3. The molecule has 172 valence electrons. The molecule has 0 spiro atoms. The number of carbonyl (C=O) groups is 2. The number of morpholine rings is 1. The lowest BCUT2D eigenvalue weighted by Gasteiger charge is -2.26. The molecule has 2 saturated heterocycles. The summed E-state index contributed by atoms with van der Waals surface area (Å²) in [4.78, 5) is 34.0. The zero-order valence-electron chi connectivity index (χ0n) is 18.7. The highest BCUT2D eigenvalue weighted by Gasteiger charge is 2.30. The number of rotatable bonds is 5. The second kappa shape index (κ2) is 10.1. The topological polar surface area (TPSA) is 80.7 Å². The molecule has 0 radical (unpaired) electrons. The molecule has 0 aliphatic carbocycles. The summed E-state index contributed by atoms with van der Waals surface area (Å²) in [5.74, 6) is 1.02. The molecule has 0 bridgehead atoms. The van der Waals surface area contributed by atoms with Crippen molar-refractivity contribution in [3.63, 3.8) is 0 Å². The Morgan fingerprint density at radius 2 is 1.85 bits per heavy atom. The molecule has 33 heavy (non-hydrogen) atoms. The molecule has 2 heterocycles. The molecule has 2 fully saturated rings. The number of methoxy groups -OCH3 is 2. The molecule has 2 amide bonds. The summed E-state index contributed by atoms with van der Waals surface area (Å²) >= 11 is 1.29. The van der Waals surface area contributed by atoms with E-state index in [2.05, 4.69) is 4.99 Å². The van der Waals surface area contributed by atoms with Crippen molar-refractivity contribution in [2.75, 3.05) is 47.6 Å². The molecule has 0 N–H and O–H groups in total. The molecule has 2 aliphatic rings. The lowest BCUT2D eigenvalue weighted by atomic mass is 10.1. The van der Waals surface area contributed by atoms with Crippen molar-refractivity contribution in [1.29, 1.82) is 0 Å². The van der Waals surface area contributed by atoms with Crippen molar-refractivity contribution < 1.29 is 23.8 Å². The summed E-state index contributed by atoms with van der Waals surface area (Å²) in [7, 11) is 4.83. The number of nitrogens with zero attached hydrogens (tertiary/aromatic N) is 3. The average molecular weight is 468 g/mol. The van der Waals surface area contributed by atoms with Crippen LogP contribution in [0.2, 0.25) is 0 Å². The van der Waals surface area contributed by atoms with Crippen LogP contribution in [0, 0.1) is 0 Å². The van der Waals surface area contributed by atoms with Crippen LogP contribution in [0.3, 0.4) is 0 Å². The zero-order valence-corrected chi connectivity index (χ0v) is 19.6. The van der Waals surface area contributed by atoms with E-state index >= 15 is 0 Å². The molecule has 2 aliphatic heterocycles. The summed E-state index contributed by atoms with van der Waals surface area (Å²) in [6.45, 7) is 2.25. The van der Waals surface area contributed by atoms with Crippen molar-refractivity contribution in [2.45, 2.75) is 0 Å². The highest BCUT2D eigenvalue weighted by Crippen LogP contribution is 2.35. The predicted octanol–water partition coefficient (Wildman–Crippen LogP) is 3.41. The summed E-state index contributed by atoms with van der Waals surface area (Å²) in [5.41, 5.74) is 2.00. The van der Waals surface area contributed by atoms with Crippen LogP contribution in [0.4, 0.5) is 5.69 Å². The molecule has 4 rings (SSSR count). The Morgan fingerprint density at radius 3 is 2.58 bits per heavy atom. The first-order chi connectivity index (χ1) is 16.0. The highest BCUT2D eigenvalue weighted by atomic mass is 32.2. The van der Waals surface area contributed by atoms with Gasteiger partial charge in [0.15, 0.2) is 16.7 Å². The van der Waals surface area contributed by atoms with E-state index < -0.39 is 0 Å². The second-order valence-corrected chi connectivity index (χ2v) is 8.45. The molecule has 0 atom stereocenters. The van der Waals surface area contributed by atoms with E-state index in [0.29, 0.717) is 59.1 Å². The van der Waals surface area contributed by atoms with Crippen LogP contribution in [-0.2, 0) is 9.53 Å². The fourth-order valence-electron chi connectivity index (χ4n) is 3.51. The Hall–Kier alpha value is -3.30. The van der Waals surface area contributed by atoms with Crippen molar-refractivity contribution in [3.8, 4) is 11.5 Å². The number of hydrogen-bond acceptors (Lipinski definition) is 7. The van der Waals surface area contributed by atoms with Crippen LogP contribution in [0.5, 0.6) is 11.5 Å². The van der Waals surface area contributed by atoms with Gasteiger partial charge in [-0.25, -0.2) is 4.99 Å². The van der Waals surface area contributed by atoms with Crippen molar-refractivity contribution in [1.82, 2.24) is 9.80 Å². The van der Waals surface area contributed by atoms with E-state index in [1.54, 1.807) is 56.5 Å². The van der Waals surface area contributed by atoms with Gasteiger partial charge in [-0.05, 0) is 53.7 Å². The van der Waals surface area contributed by atoms with Gasteiger partial charge in [0.1, 0.15) is 0 Å². The third kappa shape index (κ3) is 5.04. The van der Waals surface area contributed by atoms with Gasteiger partial charge in [-0.2, -0.15) is 0 Å². The van der Waals surface area contributed by atoms with Gasteiger partial charge in [0.2, 0.25) is 0 Å². The standard InChI is InChI=1S/C24H25N3O5S/c1-26-23(29)21(14-16-7-8-19(30-2)20(13-16)31-3)33-24(26)25-18-6-4-5-17(15-18)22(28)27-9-11-32-12-10-27/h4-8,13-15H,9-12H2,1-3H3/b21-14+,25-24?. The number of benzene rings is 2. The molecular weight excluding hydrogens is 442 g/mol. The fourth-order valence-corrected chi connectivity index (χ4v) is 4.50. The van der Waals surface area contributed by atoms with Gasteiger partial charge < -0.3 is 19.1 Å². The molecule has 8 nitrogen and oxygen atoms in total. The zero-order chi connectivity index (χ0) is 23.4. The number of hydrogen-bond donors (Lipinski definition) is 0. The van der Waals surface area contributed by atoms with Crippen LogP contribution < -0.4 is 9.47 Å². The maximum atomic E-state index is 12.8. The maximum Gasteiger partial charge on any atom is 0.266 e. The Balaban J connectivity index is 1.55. The quantitative estimate of drug-likeness (QED) is 0.627. The lowest BCUT2D eigenvalue weighted by molar-refractivity contribution is -0.121. The Morgan fingerprint density at radius 1 is 1.09 bits per heavy atom. The third-order valence-electron chi connectivity index (χ3n) is 5.33. The van der Waals surface area contributed by atoms with Gasteiger partial charge in [-0.1, -0.05) is 12.1 Å². The van der Waals surface area contributed by atoms with E-state index in [9.17, 15) is 9.59 Å². The molecule has 0 saturated carbocycles. The van der Waals surface area contributed by atoms with Gasteiger partial charge >= 0.3 is 0 Å². The maximum absolute atomic E-state index is 12.8. The minimum Gasteiger partial charge on any atom is -0.493 e. The van der Waals surface area contributed by atoms with Crippen molar-refractivity contribution in [2.24, 2.45) is 4.99 Å². The van der Waals surface area contributed by atoms with Crippen LogP contribution in [-0.4, -0.2) is 74.4 Å². The summed E-state index contributed by atoms with van der Waals surface area (Å²) in [6, 6.07) is 12.6. The van der Waals surface area contributed by atoms with Gasteiger partial charge in [-0.3, -0.25) is 14.5 Å². The SMILES string of the molecule is COc1ccc(/C=C2/SC(=Nc3cccc(C(=O)N4CCOCC4)c3)N(C)C2=O)cc1OC. The van der Waals surface area contributed by atoms with E-state index in [-0.39, 0.29) is 11.8 Å². The number of likely N-dealkylation sites (N-methyl/N-ethyl adjacent to an activating group) is 1. The number of thioether (sulfide) groups is 1. The molecule has 2 aromatic carbocycles. The first-order valence-electron chi connectivity index (χ1n) is 10.5. The van der Waals surface area contributed by atoms with E-state index in [0.717, 1.165) is 5.56 Å². The monoisotopic (exact) mass is 467 g/mol. The number of amidine groups is 1. The summed E-state index contributed by atoms with van der Waals surface area (Å²) in [6.07, 6.45) is 1.80. The average Bonchev–Trinajstić information content (AvgIpc) is 3.11. The Labute approximate surface area is 196 Å². The summed E-state index contributed by atoms with van der Waals surface area (Å²) < 4.78 is 15.9. The molecule has 0 aromatic heterocycles. The first kappa shape index (κ1) is 22.9. The lowest BCUT2D eigenvalue weighted by Crippen LogP contribution is -2.40. The van der Waals surface area contributed by atoms with Crippen LogP contribution in [0.15, 0.2) is 52.4 Å². The van der Waals surface area contributed by atoms with Crippen LogP contribution >= 0.6 is 11.8 Å². The largest absolute Gasteiger partial charge is 0.493 e. The van der Waals surface area contributed by atoms with Gasteiger partial charge in [0, 0.05) is 25.7 Å². The highest BCUT2D eigenvalue weighted by molar-refractivity contribution is 8.18. The minimum atomic E-state index is -0.144. The van der Waals surface area contributed by atoms with Crippen LogP contribution in [0.25, 0.3) is 6.08 Å². The molecule has 2 aromatic rings. The third-order valence-corrected chi connectivity index (χ3v) is 6.39. The Kier molecular flexibility index (Phi) is 7.00. The van der Waals surface area contributed by atoms with Gasteiger partial charge in [0.25, 0.3) is 11.8 Å². The minimum absolute atomic E-state index is 0.0436. The molecular formula is C24H25N3O5S. The van der Waals surface area contributed by atoms with Crippen LogP contribution in [0.1, 0.15) is 15.9 Å². The fraction of sp³-hybridized carbons (Fsp3) is 0.292. The normalized spacial score (nSPS) is 18.8. The van der Waals surface area contributed by atoms with E-state index in [1.807, 2.05) is 18.2 Å². The van der Waals surface area contributed by atoms with E-state index in [1.165, 1.54) is 16.7 Å². The molecule has 9 heteroatoms. The molecule has 0 unspecified atom stereocenters. The van der Waals surface area contributed by atoms with Crippen molar-refractivity contribution in [3.05, 3.63) is 58.5 Å². The van der Waals surface area contributed by atoms with E-state index in [4.69, 9.17) is 14.2 Å². The van der Waals surface area contributed by atoms with Gasteiger partial charge in [0.05, 0.1) is 38.0 Å². The number of aliphatic imine (C=N–C) groups is 1. The summed E-state index contributed by atoms with van der Waals surface area (Å²) in [5, 5.41) is 0.544. The number of amides is 2. The smallest absolute Gasteiger partial charge is 0.266 e. The predicted molar refractivity (Wildman–Crippen MR) is 128 cm³/mol. The van der Waals surface area contributed by atoms with Crippen molar-refractivity contribution >= 4 is 40.5 Å². The number of carbonyl (C=O) groups excluding carboxylic acids is 2. The Bertz CT molecular complexity index is 1120. The van der Waals surface area contributed by atoms with Gasteiger partial charge in [-0.15, -0.1) is 0 Å². The second-order valence-electron chi connectivity index (χ2n) is 7.44.